The molecule has 0 atom stereocenters. The summed E-state index contributed by atoms with van der Waals surface area (Å²) in [6.45, 7) is 0. The van der Waals surface area contributed by atoms with E-state index in [2.05, 4.69) is 25.6 Å². The zero-order valence-electron chi connectivity index (χ0n) is 17.6. The monoisotopic (exact) mass is 497 g/mol. The van der Waals surface area contributed by atoms with E-state index in [4.69, 9.17) is 11.6 Å². The lowest BCUT2D eigenvalue weighted by Crippen LogP contribution is -2.19. The average molecular weight is 498 g/mol. The number of anilines is 2. The maximum Gasteiger partial charge on any atom is 0.417 e. The van der Waals surface area contributed by atoms with Crippen molar-refractivity contribution in [3.05, 3.63) is 87.7 Å². The molecule has 11 heteroatoms. The number of imidazole rings is 1. The van der Waals surface area contributed by atoms with E-state index in [1.807, 2.05) is 24.3 Å². The van der Waals surface area contributed by atoms with Crippen molar-refractivity contribution in [1.82, 2.24) is 15.0 Å². The van der Waals surface area contributed by atoms with Crippen LogP contribution in [0.5, 0.6) is 0 Å². The molecule has 2 heterocycles. The number of aromatic nitrogens is 3. The highest BCUT2D eigenvalue weighted by atomic mass is 35.5. The zero-order valence-corrected chi connectivity index (χ0v) is 18.4. The van der Waals surface area contributed by atoms with Gasteiger partial charge in [0.25, 0.3) is 5.56 Å². The summed E-state index contributed by atoms with van der Waals surface area (Å²) in [6.07, 6.45) is -4.65. The summed E-state index contributed by atoms with van der Waals surface area (Å²) in [6, 6.07) is 16.3. The smallest absolute Gasteiger partial charge is 0.338 e. The molecule has 2 aromatic carbocycles. The Bertz CT molecular complexity index is 1610. The van der Waals surface area contributed by atoms with Crippen LogP contribution >= 0.6 is 11.6 Å². The van der Waals surface area contributed by atoms with Crippen LogP contribution in [0.4, 0.5) is 29.3 Å². The van der Waals surface area contributed by atoms with Crippen molar-refractivity contribution in [3.8, 4) is 22.6 Å². The van der Waals surface area contributed by atoms with Gasteiger partial charge in [-0.2, -0.15) is 13.2 Å². The molecule has 2 aliphatic rings. The summed E-state index contributed by atoms with van der Waals surface area (Å²) in [5.41, 5.74) is 1.84. The first-order valence-electron chi connectivity index (χ1n) is 10.2. The van der Waals surface area contributed by atoms with Gasteiger partial charge < -0.3 is 20.6 Å². The Kier molecular flexibility index (Phi) is 5.45. The number of halogens is 4. The minimum Gasteiger partial charge on any atom is -0.338 e. The summed E-state index contributed by atoms with van der Waals surface area (Å²) in [5.74, 6) is 0.366. The van der Waals surface area contributed by atoms with Crippen molar-refractivity contribution in [2.24, 2.45) is 0 Å². The predicted octanol–water partition coefficient (Wildman–Crippen LogP) is 6.34. The number of hydrogen-bond acceptors (Lipinski definition) is 3. The van der Waals surface area contributed by atoms with E-state index in [-0.39, 0.29) is 11.2 Å². The van der Waals surface area contributed by atoms with Crippen LogP contribution in [0.25, 0.3) is 33.7 Å². The normalized spacial score (nSPS) is 11.7. The van der Waals surface area contributed by atoms with Crippen LogP contribution in [0.2, 0.25) is 5.02 Å². The fourth-order valence-corrected chi connectivity index (χ4v) is 3.96. The molecule has 0 bridgehead atoms. The van der Waals surface area contributed by atoms with Crippen molar-refractivity contribution < 1.29 is 18.0 Å². The van der Waals surface area contributed by atoms with E-state index in [1.165, 1.54) is 6.07 Å². The number of nitrogens with one attached hydrogen (secondary N) is 4. The first-order chi connectivity index (χ1) is 16.7. The maximum absolute atomic E-state index is 13.1. The molecule has 4 N–H and O–H groups in total. The molecule has 0 saturated heterocycles. The molecule has 35 heavy (non-hydrogen) atoms. The first-order valence-corrected chi connectivity index (χ1v) is 10.6. The molecule has 1 aromatic heterocycles. The van der Waals surface area contributed by atoms with Crippen LogP contribution in [0, 0.1) is 0 Å². The highest BCUT2D eigenvalue weighted by Gasteiger charge is 2.33. The van der Waals surface area contributed by atoms with Crippen molar-refractivity contribution in [2.75, 3.05) is 10.6 Å². The Hall–Kier alpha value is -4.31. The third-order valence-electron chi connectivity index (χ3n) is 5.29. The highest BCUT2D eigenvalue weighted by Crippen LogP contribution is 2.36. The maximum atomic E-state index is 13.1. The molecular formula is C24H15ClF3N5O2. The molecular weight excluding hydrogens is 483 g/mol. The van der Waals surface area contributed by atoms with Gasteiger partial charge in [-0.3, -0.25) is 4.79 Å². The van der Waals surface area contributed by atoms with E-state index in [0.717, 1.165) is 12.1 Å². The van der Waals surface area contributed by atoms with Crippen LogP contribution < -0.4 is 16.2 Å². The zero-order chi connectivity index (χ0) is 24.7. The molecule has 0 radical (unpaired) electrons. The Labute approximate surface area is 200 Å². The van der Waals surface area contributed by atoms with Crippen molar-refractivity contribution in [1.29, 1.82) is 0 Å². The number of fused-ring (bicyclic) bond motifs is 2. The van der Waals surface area contributed by atoms with Gasteiger partial charge in [-0.15, -0.1) is 0 Å². The van der Waals surface area contributed by atoms with Gasteiger partial charge in [0.2, 0.25) is 0 Å². The van der Waals surface area contributed by atoms with Gasteiger partial charge in [0.1, 0.15) is 5.82 Å². The molecule has 1 aliphatic heterocycles. The summed E-state index contributed by atoms with van der Waals surface area (Å²) in [5, 5.41) is 4.46. The molecule has 176 valence electrons. The lowest BCUT2D eigenvalue weighted by atomic mass is 10.1. The Balaban J connectivity index is 1.39. The van der Waals surface area contributed by atoms with Crippen molar-refractivity contribution in [3.63, 3.8) is 0 Å². The average Bonchev–Trinajstić information content (AvgIpc) is 3.25. The van der Waals surface area contributed by atoms with Crippen LogP contribution in [-0.2, 0) is 6.18 Å². The van der Waals surface area contributed by atoms with Crippen LogP contribution in [-0.4, -0.2) is 21.0 Å². The van der Waals surface area contributed by atoms with Gasteiger partial charge in [-0.05, 0) is 42.5 Å². The topological polar surface area (TPSA) is 103 Å². The first kappa shape index (κ1) is 22.5. The van der Waals surface area contributed by atoms with E-state index in [0.29, 0.717) is 39.4 Å². The van der Waals surface area contributed by atoms with Crippen LogP contribution in [0.3, 0.4) is 0 Å². The molecule has 3 aromatic rings. The lowest BCUT2D eigenvalue weighted by Gasteiger charge is -2.12. The number of benzene rings is 2. The molecule has 5 rings (SSSR count). The quantitative estimate of drug-likeness (QED) is 0.234. The molecule has 0 unspecified atom stereocenters. The third kappa shape index (κ3) is 4.43. The Morgan fingerprint density at radius 2 is 1.63 bits per heavy atom. The molecule has 0 spiro atoms. The number of urea groups is 1. The van der Waals surface area contributed by atoms with Crippen LogP contribution in [0.1, 0.15) is 5.56 Å². The minimum atomic E-state index is -4.65. The van der Waals surface area contributed by atoms with E-state index >= 15 is 0 Å². The van der Waals surface area contributed by atoms with Gasteiger partial charge in [0.05, 0.1) is 27.2 Å². The van der Waals surface area contributed by atoms with E-state index in [9.17, 15) is 22.8 Å². The van der Waals surface area contributed by atoms with Gasteiger partial charge in [0, 0.05) is 22.6 Å². The standard InChI is InChI=1S/C24H15ClF3N5O2/c25-16-8-6-12(10-15(16)24(26,27)28)29-23(35)30-13-7-9-18-19(11-13)32-21(31-18)20-14-4-2-1-3-5-17(14)33-22(20)34/h1-11H,(H,31,32)(H,33,34)(H2,29,30,35). The second-order valence-corrected chi connectivity index (χ2v) is 8.06. The number of H-pyrrole nitrogens is 2. The van der Waals surface area contributed by atoms with Crippen molar-refractivity contribution in [2.45, 2.75) is 6.18 Å². The van der Waals surface area contributed by atoms with Gasteiger partial charge in [0.15, 0.2) is 0 Å². The summed E-state index contributed by atoms with van der Waals surface area (Å²) in [7, 11) is 0. The van der Waals surface area contributed by atoms with Crippen LogP contribution in [0.15, 0.2) is 71.5 Å². The van der Waals surface area contributed by atoms with Gasteiger partial charge >= 0.3 is 12.2 Å². The fraction of sp³-hybridized carbons (Fsp3) is 0.0417. The molecule has 0 fully saturated rings. The molecule has 1 aliphatic carbocycles. The Morgan fingerprint density at radius 1 is 0.914 bits per heavy atom. The number of carbonyl (C=O) groups is 1. The van der Waals surface area contributed by atoms with Crippen molar-refractivity contribution >= 4 is 40.0 Å². The second-order valence-electron chi connectivity index (χ2n) is 7.66. The summed E-state index contributed by atoms with van der Waals surface area (Å²) < 4.78 is 39.2. The number of carbonyl (C=O) groups excluding carboxylic acids is 1. The summed E-state index contributed by atoms with van der Waals surface area (Å²) in [4.78, 5) is 35.3. The fourth-order valence-electron chi connectivity index (χ4n) is 3.74. The summed E-state index contributed by atoms with van der Waals surface area (Å²) >= 11 is 5.61. The Morgan fingerprint density at radius 3 is 2.40 bits per heavy atom. The highest BCUT2D eigenvalue weighted by molar-refractivity contribution is 6.31. The van der Waals surface area contributed by atoms with E-state index < -0.39 is 22.8 Å². The minimum absolute atomic E-state index is 0.0698. The molecule has 7 nitrogen and oxygen atoms in total. The number of rotatable bonds is 3. The predicted molar refractivity (Wildman–Crippen MR) is 128 cm³/mol. The number of aromatic amines is 2. The lowest BCUT2D eigenvalue weighted by molar-refractivity contribution is -0.137. The largest absolute Gasteiger partial charge is 0.417 e. The number of alkyl halides is 3. The van der Waals surface area contributed by atoms with Gasteiger partial charge in [-0.25, -0.2) is 9.78 Å². The molecule has 0 saturated carbocycles. The third-order valence-corrected chi connectivity index (χ3v) is 5.62. The molecule has 2 amide bonds. The van der Waals surface area contributed by atoms with E-state index in [1.54, 1.807) is 24.3 Å². The number of hydrogen-bond donors (Lipinski definition) is 4. The number of amides is 2. The SMILES string of the molecule is O=C(Nc1ccc(Cl)c(C(F)(F)F)c1)Nc1ccc2nc(-c3c4cccccc-4[nH]c3=O)[nH]c2c1. The second kappa shape index (κ2) is 8.48. The van der Waals surface area contributed by atoms with Gasteiger partial charge in [-0.1, -0.05) is 35.9 Å². The number of nitrogens with zero attached hydrogens (tertiary/aromatic N) is 1.